The van der Waals surface area contributed by atoms with Crippen molar-refractivity contribution >= 4 is 5.69 Å². The van der Waals surface area contributed by atoms with Crippen LogP contribution in [0.5, 0.6) is 0 Å². The maximum Gasteiger partial charge on any atom is 0.0369 e. The predicted molar refractivity (Wildman–Crippen MR) is 76.5 cm³/mol. The molecule has 1 aromatic rings. The summed E-state index contributed by atoms with van der Waals surface area (Å²) in [6.07, 6.45) is 1.15. The molecule has 0 aliphatic carbocycles. The van der Waals surface area contributed by atoms with Crippen LogP contribution in [0.15, 0.2) is 24.3 Å². The maximum atomic E-state index is 6.24. The molecule has 0 aliphatic heterocycles. The quantitative estimate of drug-likeness (QED) is 0.819. The van der Waals surface area contributed by atoms with Crippen LogP contribution in [0.2, 0.25) is 0 Å². The number of aryl methyl sites for hydroxylation is 1. The zero-order valence-electron chi connectivity index (χ0n) is 11.6. The van der Waals surface area contributed by atoms with Crippen LogP contribution in [-0.4, -0.2) is 19.1 Å². The Kier molecular flexibility index (Phi) is 5.49. The van der Waals surface area contributed by atoms with Crippen LogP contribution >= 0.6 is 0 Å². The molecule has 0 heterocycles. The largest absolute Gasteiger partial charge is 0.370 e. The second kappa shape index (κ2) is 6.65. The number of nitrogens with zero attached hydrogens (tertiary/aromatic N) is 1. The number of benzene rings is 1. The third-order valence-corrected chi connectivity index (χ3v) is 3.55. The lowest BCUT2D eigenvalue weighted by molar-refractivity contribution is 0.440. The van der Waals surface area contributed by atoms with Crippen molar-refractivity contribution in [2.45, 2.75) is 40.2 Å². The summed E-state index contributed by atoms with van der Waals surface area (Å²) in [5, 5.41) is 0. The van der Waals surface area contributed by atoms with Crippen molar-refractivity contribution in [3.05, 3.63) is 29.8 Å². The van der Waals surface area contributed by atoms with Gasteiger partial charge in [-0.2, -0.15) is 0 Å². The van der Waals surface area contributed by atoms with Crippen LogP contribution in [0.3, 0.4) is 0 Å². The van der Waals surface area contributed by atoms with E-state index in [4.69, 9.17) is 5.73 Å². The average molecular weight is 234 g/mol. The molecule has 0 spiro atoms. The zero-order valence-corrected chi connectivity index (χ0v) is 11.6. The minimum Gasteiger partial charge on any atom is -0.370 e. The molecular weight excluding hydrogens is 208 g/mol. The van der Waals surface area contributed by atoms with Crippen LogP contribution in [-0.2, 0) is 0 Å². The number of nitrogens with two attached hydrogens (primary N) is 1. The van der Waals surface area contributed by atoms with Gasteiger partial charge in [-0.25, -0.2) is 0 Å². The van der Waals surface area contributed by atoms with Crippen LogP contribution in [0, 0.1) is 12.8 Å². The topological polar surface area (TPSA) is 29.3 Å². The normalized spacial score (nSPS) is 14.4. The molecule has 0 fully saturated rings. The predicted octanol–water partition coefficient (Wildman–Crippen LogP) is 3.19. The highest BCUT2D eigenvalue weighted by atomic mass is 15.1. The lowest BCUT2D eigenvalue weighted by atomic mass is 9.99. The van der Waals surface area contributed by atoms with E-state index in [-0.39, 0.29) is 6.04 Å². The summed E-state index contributed by atoms with van der Waals surface area (Å²) in [5.74, 6) is 0.578. The molecule has 2 unspecified atom stereocenters. The number of rotatable bonds is 6. The minimum atomic E-state index is 0.250. The Morgan fingerprint density at radius 1 is 1.29 bits per heavy atom. The molecule has 1 rings (SSSR count). The van der Waals surface area contributed by atoms with E-state index in [1.807, 2.05) is 0 Å². The third-order valence-electron chi connectivity index (χ3n) is 3.55. The first kappa shape index (κ1) is 14.0. The van der Waals surface area contributed by atoms with E-state index < -0.39 is 0 Å². The molecule has 0 saturated carbocycles. The van der Waals surface area contributed by atoms with Gasteiger partial charge in [-0.1, -0.05) is 32.4 Å². The summed E-state index contributed by atoms with van der Waals surface area (Å²) in [5.41, 5.74) is 8.83. The summed E-state index contributed by atoms with van der Waals surface area (Å²) in [7, 11) is 0. The van der Waals surface area contributed by atoms with Gasteiger partial charge in [0.05, 0.1) is 0 Å². The Balaban J connectivity index is 2.72. The zero-order chi connectivity index (χ0) is 12.8. The van der Waals surface area contributed by atoms with E-state index >= 15 is 0 Å². The molecule has 2 heteroatoms. The van der Waals surface area contributed by atoms with Gasteiger partial charge in [0.25, 0.3) is 0 Å². The number of likely N-dealkylation sites (N-methyl/N-ethyl adjacent to an activating group) is 1. The van der Waals surface area contributed by atoms with Gasteiger partial charge in [0.1, 0.15) is 0 Å². The van der Waals surface area contributed by atoms with Gasteiger partial charge in [0, 0.05) is 24.8 Å². The standard InChI is InChI=1S/C15H26N2/c1-5-13(4)15(16)11-17(6-2)14-9-7-8-12(3)10-14/h7-10,13,15H,5-6,11,16H2,1-4H3. The highest BCUT2D eigenvalue weighted by molar-refractivity contribution is 5.48. The molecule has 2 N–H and O–H groups in total. The molecule has 1 aromatic carbocycles. The fourth-order valence-electron chi connectivity index (χ4n) is 1.98. The van der Waals surface area contributed by atoms with E-state index in [2.05, 4.69) is 56.9 Å². The molecular formula is C15H26N2. The SMILES string of the molecule is CCC(C)C(N)CN(CC)c1cccc(C)c1. The van der Waals surface area contributed by atoms with Crippen molar-refractivity contribution in [2.75, 3.05) is 18.0 Å². The first-order chi connectivity index (χ1) is 8.08. The Labute approximate surface area is 106 Å². The van der Waals surface area contributed by atoms with Gasteiger partial charge in [-0.05, 0) is 37.5 Å². The summed E-state index contributed by atoms with van der Waals surface area (Å²) < 4.78 is 0. The van der Waals surface area contributed by atoms with E-state index in [1.165, 1.54) is 11.3 Å². The molecule has 2 nitrogen and oxygen atoms in total. The fourth-order valence-corrected chi connectivity index (χ4v) is 1.98. The molecule has 0 saturated heterocycles. The van der Waals surface area contributed by atoms with Gasteiger partial charge >= 0.3 is 0 Å². The van der Waals surface area contributed by atoms with Crippen LogP contribution in [0.4, 0.5) is 5.69 Å². The van der Waals surface area contributed by atoms with Gasteiger partial charge in [0.2, 0.25) is 0 Å². The highest BCUT2D eigenvalue weighted by Gasteiger charge is 2.14. The van der Waals surface area contributed by atoms with E-state index in [0.717, 1.165) is 19.5 Å². The molecule has 0 aliphatic rings. The number of hydrogen-bond acceptors (Lipinski definition) is 2. The molecule has 17 heavy (non-hydrogen) atoms. The van der Waals surface area contributed by atoms with Crippen molar-refractivity contribution in [1.29, 1.82) is 0 Å². The Morgan fingerprint density at radius 3 is 2.53 bits per heavy atom. The summed E-state index contributed by atoms with van der Waals surface area (Å²) >= 11 is 0. The lowest BCUT2D eigenvalue weighted by Crippen LogP contribution is -2.41. The van der Waals surface area contributed by atoms with Crippen molar-refractivity contribution in [1.82, 2.24) is 0 Å². The Hall–Kier alpha value is -1.02. The van der Waals surface area contributed by atoms with Crippen LogP contribution in [0.25, 0.3) is 0 Å². The lowest BCUT2D eigenvalue weighted by Gasteiger charge is -2.29. The third kappa shape index (κ3) is 4.04. The monoisotopic (exact) mass is 234 g/mol. The molecule has 2 atom stereocenters. The first-order valence-electron chi connectivity index (χ1n) is 6.65. The number of anilines is 1. The summed E-state index contributed by atoms with van der Waals surface area (Å²) in [4.78, 5) is 2.36. The van der Waals surface area contributed by atoms with Gasteiger partial charge in [0.15, 0.2) is 0 Å². The highest BCUT2D eigenvalue weighted by Crippen LogP contribution is 2.17. The molecule has 0 amide bonds. The minimum absolute atomic E-state index is 0.250. The Morgan fingerprint density at radius 2 is 2.00 bits per heavy atom. The number of hydrogen-bond donors (Lipinski definition) is 1. The van der Waals surface area contributed by atoms with Crippen molar-refractivity contribution < 1.29 is 0 Å². The van der Waals surface area contributed by atoms with E-state index in [9.17, 15) is 0 Å². The molecule has 96 valence electrons. The second-order valence-electron chi connectivity index (χ2n) is 4.93. The van der Waals surface area contributed by atoms with Gasteiger partial charge in [-0.3, -0.25) is 0 Å². The average Bonchev–Trinajstić information content (AvgIpc) is 2.34. The maximum absolute atomic E-state index is 6.24. The second-order valence-corrected chi connectivity index (χ2v) is 4.93. The van der Waals surface area contributed by atoms with Crippen molar-refractivity contribution in [2.24, 2.45) is 11.7 Å². The Bertz CT molecular complexity index is 335. The van der Waals surface area contributed by atoms with E-state index in [0.29, 0.717) is 5.92 Å². The van der Waals surface area contributed by atoms with Gasteiger partial charge < -0.3 is 10.6 Å². The fraction of sp³-hybridized carbons (Fsp3) is 0.600. The van der Waals surface area contributed by atoms with Gasteiger partial charge in [-0.15, -0.1) is 0 Å². The summed E-state index contributed by atoms with van der Waals surface area (Å²) in [6, 6.07) is 8.89. The van der Waals surface area contributed by atoms with E-state index in [1.54, 1.807) is 0 Å². The van der Waals surface area contributed by atoms with Crippen LogP contribution in [0.1, 0.15) is 32.8 Å². The van der Waals surface area contributed by atoms with Crippen LogP contribution < -0.4 is 10.6 Å². The first-order valence-corrected chi connectivity index (χ1v) is 6.65. The molecule has 0 radical (unpaired) electrons. The molecule has 0 bridgehead atoms. The van der Waals surface area contributed by atoms with Crippen molar-refractivity contribution in [3.8, 4) is 0 Å². The summed E-state index contributed by atoms with van der Waals surface area (Å²) in [6.45, 7) is 10.7. The smallest absolute Gasteiger partial charge is 0.0369 e. The molecule has 0 aromatic heterocycles. The van der Waals surface area contributed by atoms with Crippen molar-refractivity contribution in [3.63, 3.8) is 0 Å².